The predicted molar refractivity (Wildman–Crippen MR) is 102 cm³/mol. The van der Waals surface area contributed by atoms with Gasteiger partial charge in [-0.25, -0.2) is 9.59 Å². The summed E-state index contributed by atoms with van der Waals surface area (Å²) >= 11 is 0. The van der Waals surface area contributed by atoms with Gasteiger partial charge >= 0.3 is 12.0 Å². The van der Waals surface area contributed by atoms with Crippen molar-refractivity contribution in [3.63, 3.8) is 0 Å². The van der Waals surface area contributed by atoms with Gasteiger partial charge in [0.25, 0.3) is 0 Å². The Labute approximate surface area is 167 Å². The number of likely N-dealkylation sites (tertiary alicyclic amines) is 1. The van der Waals surface area contributed by atoms with Crippen LogP contribution in [0.1, 0.15) is 49.1 Å². The number of rotatable bonds is 7. The smallest absolute Gasteiger partial charge is 0.326 e. The van der Waals surface area contributed by atoms with Gasteiger partial charge in [-0.05, 0) is 25.3 Å². The number of aromatic nitrogens is 2. The lowest BCUT2D eigenvalue weighted by Gasteiger charge is -2.24. The number of carboxylic acid groups (broad SMARTS) is 1. The van der Waals surface area contributed by atoms with Gasteiger partial charge in [-0.15, -0.1) is 0 Å². The first-order valence-electron chi connectivity index (χ1n) is 9.48. The van der Waals surface area contributed by atoms with E-state index >= 15 is 0 Å². The molecular weight excluding hydrogens is 378 g/mol. The van der Waals surface area contributed by atoms with Crippen LogP contribution < -0.4 is 11.1 Å². The van der Waals surface area contributed by atoms with Gasteiger partial charge in [0.2, 0.25) is 5.89 Å². The molecule has 1 aliphatic heterocycles. The number of carbonyl (C=O) groups excluding carboxylic acids is 1. The molecule has 1 saturated heterocycles. The van der Waals surface area contributed by atoms with Crippen molar-refractivity contribution in [2.75, 3.05) is 6.54 Å². The van der Waals surface area contributed by atoms with Crippen LogP contribution in [-0.4, -0.2) is 55.9 Å². The Balaban J connectivity index is 1.82. The van der Waals surface area contributed by atoms with E-state index in [1.807, 2.05) is 30.3 Å². The number of carboxylic acids is 1. The fourth-order valence-electron chi connectivity index (χ4n) is 3.29. The summed E-state index contributed by atoms with van der Waals surface area (Å²) in [6, 6.07) is 6.56. The van der Waals surface area contributed by atoms with Crippen LogP contribution in [-0.2, 0) is 11.2 Å². The topological polar surface area (TPSA) is 155 Å². The second kappa shape index (κ2) is 9.01. The number of aliphatic hydroxyl groups is 1. The van der Waals surface area contributed by atoms with Crippen LogP contribution in [0.2, 0.25) is 0 Å². The van der Waals surface area contributed by atoms with Gasteiger partial charge in [-0.3, -0.25) is 0 Å². The zero-order valence-corrected chi connectivity index (χ0v) is 16.1. The van der Waals surface area contributed by atoms with Crippen molar-refractivity contribution in [1.29, 1.82) is 0 Å². The van der Waals surface area contributed by atoms with E-state index < -0.39 is 36.2 Å². The first-order chi connectivity index (χ1) is 13.9. The Bertz CT molecular complexity index is 841. The largest absolute Gasteiger partial charge is 0.480 e. The van der Waals surface area contributed by atoms with Gasteiger partial charge in [-0.2, -0.15) is 4.98 Å². The number of hydrogen-bond donors (Lipinski definition) is 4. The Morgan fingerprint density at radius 3 is 2.76 bits per heavy atom. The number of aliphatic carboxylic acids is 1. The molecule has 3 rings (SSSR count). The maximum Gasteiger partial charge on any atom is 0.326 e. The summed E-state index contributed by atoms with van der Waals surface area (Å²) in [4.78, 5) is 29.7. The number of urea groups is 1. The highest BCUT2D eigenvalue weighted by molar-refractivity contribution is 5.83. The van der Waals surface area contributed by atoms with Gasteiger partial charge in [0.1, 0.15) is 12.1 Å². The number of carbonyl (C=O) groups is 2. The van der Waals surface area contributed by atoms with Crippen molar-refractivity contribution in [3.8, 4) is 0 Å². The Morgan fingerprint density at radius 2 is 2.10 bits per heavy atom. The molecule has 1 aromatic heterocycles. The fourth-order valence-corrected chi connectivity index (χ4v) is 3.29. The molecule has 0 bridgehead atoms. The van der Waals surface area contributed by atoms with Crippen LogP contribution in [0.4, 0.5) is 4.79 Å². The van der Waals surface area contributed by atoms with Crippen molar-refractivity contribution in [2.24, 2.45) is 5.73 Å². The van der Waals surface area contributed by atoms with Gasteiger partial charge in [0, 0.05) is 13.0 Å². The van der Waals surface area contributed by atoms with Crippen LogP contribution in [0.3, 0.4) is 0 Å². The maximum atomic E-state index is 12.8. The standard InChI is InChI=1S/C19H25N5O5/c1-11(25)15(20)16-22-17(29-23-16)13(10-12-6-3-2-4-7-12)21-19(28)24-9-5-8-14(24)18(26)27/h2-4,6-7,11,13-15,25H,5,8-10,20H2,1H3,(H,21,28)(H,26,27)/t11?,13-,14-,15?/m0/s1. The molecule has 0 radical (unpaired) electrons. The average molecular weight is 403 g/mol. The number of hydrogen-bond acceptors (Lipinski definition) is 7. The average Bonchev–Trinajstić information content (AvgIpc) is 3.37. The first kappa shape index (κ1) is 20.7. The number of nitrogens with two attached hydrogens (primary N) is 1. The van der Waals surface area contributed by atoms with E-state index in [4.69, 9.17) is 10.3 Å². The molecule has 5 N–H and O–H groups in total. The number of aliphatic hydroxyl groups excluding tert-OH is 1. The quantitative estimate of drug-likeness (QED) is 0.533. The number of amides is 2. The zero-order chi connectivity index (χ0) is 21.0. The molecule has 29 heavy (non-hydrogen) atoms. The van der Waals surface area contributed by atoms with E-state index in [2.05, 4.69) is 15.5 Å². The molecule has 1 aliphatic rings. The normalized spacial score (nSPS) is 19.6. The monoisotopic (exact) mass is 403 g/mol. The predicted octanol–water partition coefficient (Wildman–Crippen LogP) is 0.993. The molecule has 0 spiro atoms. The van der Waals surface area contributed by atoms with Crippen LogP contribution >= 0.6 is 0 Å². The molecule has 2 heterocycles. The molecule has 1 aromatic carbocycles. The van der Waals surface area contributed by atoms with E-state index in [-0.39, 0.29) is 11.7 Å². The summed E-state index contributed by atoms with van der Waals surface area (Å²) in [6.45, 7) is 1.88. The highest BCUT2D eigenvalue weighted by atomic mass is 16.5. The fraction of sp³-hybridized carbons (Fsp3) is 0.474. The van der Waals surface area contributed by atoms with Crippen molar-refractivity contribution in [3.05, 3.63) is 47.6 Å². The van der Waals surface area contributed by atoms with Crippen LogP contribution in [0.5, 0.6) is 0 Å². The SMILES string of the molecule is CC(O)C(N)c1noc([C@H](Cc2ccccc2)NC(=O)N2CCC[C@H]2C(=O)O)n1. The molecule has 4 atom stereocenters. The maximum absolute atomic E-state index is 12.8. The van der Waals surface area contributed by atoms with E-state index in [1.54, 1.807) is 0 Å². The second-order valence-corrected chi connectivity index (χ2v) is 7.14. The summed E-state index contributed by atoms with van der Waals surface area (Å²) in [5, 5.41) is 25.6. The van der Waals surface area contributed by atoms with Crippen LogP contribution in [0.25, 0.3) is 0 Å². The molecule has 2 amide bonds. The summed E-state index contributed by atoms with van der Waals surface area (Å²) in [7, 11) is 0. The van der Waals surface area contributed by atoms with Crippen molar-refractivity contribution < 1.29 is 24.3 Å². The lowest BCUT2D eigenvalue weighted by Crippen LogP contribution is -2.47. The third-order valence-electron chi connectivity index (χ3n) is 4.95. The Morgan fingerprint density at radius 1 is 1.38 bits per heavy atom. The first-order valence-corrected chi connectivity index (χ1v) is 9.48. The minimum atomic E-state index is -1.03. The third kappa shape index (κ3) is 4.90. The minimum Gasteiger partial charge on any atom is -0.480 e. The van der Waals surface area contributed by atoms with Crippen LogP contribution in [0, 0.1) is 0 Å². The molecule has 0 saturated carbocycles. The minimum absolute atomic E-state index is 0.131. The summed E-state index contributed by atoms with van der Waals surface area (Å²) in [6.07, 6.45) is 0.536. The summed E-state index contributed by atoms with van der Waals surface area (Å²) in [5.74, 6) is -0.758. The van der Waals surface area contributed by atoms with Crippen molar-refractivity contribution in [1.82, 2.24) is 20.4 Å². The Kier molecular flexibility index (Phi) is 6.45. The van der Waals surface area contributed by atoms with Gasteiger partial charge in [-0.1, -0.05) is 35.5 Å². The Hall–Kier alpha value is -2.98. The van der Waals surface area contributed by atoms with E-state index in [0.717, 1.165) is 5.56 Å². The molecule has 1 fully saturated rings. The lowest BCUT2D eigenvalue weighted by molar-refractivity contribution is -0.141. The van der Waals surface area contributed by atoms with Crippen molar-refractivity contribution in [2.45, 2.75) is 50.4 Å². The third-order valence-corrected chi connectivity index (χ3v) is 4.95. The van der Waals surface area contributed by atoms with E-state index in [1.165, 1.54) is 11.8 Å². The molecule has 0 aliphatic carbocycles. The van der Waals surface area contributed by atoms with Gasteiger partial charge < -0.3 is 30.7 Å². The van der Waals surface area contributed by atoms with E-state index in [0.29, 0.717) is 25.8 Å². The number of benzene rings is 1. The van der Waals surface area contributed by atoms with Gasteiger partial charge in [0.15, 0.2) is 5.82 Å². The lowest BCUT2D eigenvalue weighted by atomic mass is 10.1. The summed E-state index contributed by atoms with van der Waals surface area (Å²) < 4.78 is 5.31. The van der Waals surface area contributed by atoms with Gasteiger partial charge in [0.05, 0.1) is 12.1 Å². The molecule has 156 valence electrons. The molecule has 10 nitrogen and oxygen atoms in total. The molecule has 2 unspecified atom stereocenters. The second-order valence-electron chi connectivity index (χ2n) is 7.14. The highest BCUT2D eigenvalue weighted by Gasteiger charge is 2.35. The highest BCUT2D eigenvalue weighted by Crippen LogP contribution is 2.22. The molecular formula is C19H25N5O5. The number of nitrogens with one attached hydrogen (secondary N) is 1. The molecule has 2 aromatic rings. The van der Waals surface area contributed by atoms with Crippen LogP contribution in [0.15, 0.2) is 34.9 Å². The van der Waals surface area contributed by atoms with Crippen molar-refractivity contribution >= 4 is 12.0 Å². The zero-order valence-electron chi connectivity index (χ0n) is 16.1. The molecule has 10 heteroatoms. The summed E-state index contributed by atoms with van der Waals surface area (Å²) in [5.41, 5.74) is 6.78. The number of nitrogens with zero attached hydrogens (tertiary/aromatic N) is 3. The van der Waals surface area contributed by atoms with E-state index in [9.17, 15) is 19.8 Å².